The number of benzene rings is 1. The van der Waals surface area contributed by atoms with E-state index in [1.165, 1.54) is 6.07 Å². The first-order valence-corrected chi connectivity index (χ1v) is 6.31. The van der Waals surface area contributed by atoms with Gasteiger partial charge in [0.05, 0.1) is 5.56 Å². The fourth-order valence-electron chi connectivity index (χ4n) is 1.59. The lowest BCUT2D eigenvalue weighted by atomic mass is 10.1. The molecule has 1 heterocycles. The average Bonchev–Trinajstić information content (AvgIpc) is 2.38. The van der Waals surface area contributed by atoms with Gasteiger partial charge in [-0.05, 0) is 37.1 Å². The summed E-state index contributed by atoms with van der Waals surface area (Å²) in [6.45, 7) is 3.91. The number of hydrogen-bond acceptors (Lipinski definition) is 3. The molecule has 2 aromatic rings. The minimum atomic E-state index is -0.365. The lowest BCUT2D eigenvalue weighted by Crippen LogP contribution is -2.14. The first kappa shape index (κ1) is 13.8. The van der Waals surface area contributed by atoms with E-state index in [0.717, 1.165) is 16.8 Å². The summed E-state index contributed by atoms with van der Waals surface area (Å²) in [4.78, 5) is 12.1. The van der Waals surface area contributed by atoms with Gasteiger partial charge in [-0.15, -0.1) is 10.2 Å². The van der Waals surface area contributed by atoms with Gasteiger partial charge in [0.2, 0.25) is 0 Å². The van der Waals surface area contributed by atoms with E-state index in [1.54, 1.807) is 0 Å². The second-order valence-corrected chi connectivity index (χ2v) is 4.82. The fraction of sp³-hybridized carbons (Fsp3) is 0.154. The molecule has 2 rings (SSSR count). The largest absolute Gasteiger partial charge is 0.322 e. The van der Waals surface area contributed by atoms with Crippen molar-refractivity contribution in [1.29, 1.82) is 0 Å². The van der Waals surface area contributed by atoms with E-state index in [0.29, 0.717) is 0 Å². The third-order valence-electron chi connectivity index (χ3n) is 2.82. The summed E-state index contributed by atoms with van der Waals surface area (Å²) < 4.78 is 0. The van der Waals surface area contributed by atoms with Crippen LogP contribution in [0.15, 0.2) is 24.3 Å². The Morgan fingerprint density at radius 2 is 1.95 bits per heavy atom. The molecule has 1 aromatic carbocycles. The highest BCUT2D eigenvalue weighted by atomic mass is 35.5. The second-order valence-electron chi connectivity index (χ2n) is 4.07. The van der Waals surface area contributed by atoms with Gasteiger partial charge in [-0.3, -0.25) is 4.79 Å². The maximum absolute atomic E-state index is 12.1. The van der Waals surface area contributed by atoms with Crippen LogP contribution in [0.2, 0.25) is 10.3 Å². The van der Waals surface area contributed by atoms with Crippen LogP contribution in [0.1, 0.15) is 21.5 Å². The molecule has 1 N–H and O–H groups in total. The number of halogens is 2. The number of amides is 1. The van der Waals surface area contributed by atoms with Gasteiger partial charge in [0.1, 0.15) is 0 Å². The number of carbonyl (C=O) groups is 1. The molecule has 0 saturated carbocycles. The summed E-state index contributed by atoms with van der Waals surface area (Å²) >= 11 is 11.5. The van der Waals surface area contributed by atoms with Crippen LogP contribution in [0.25, 0.3) is 0 Å². The molecule has 6 heteroatoms. The maximum Gasteiger partial charge on any atom is 0.258 e. The predicted octanol–water partition coefficient (Wildman–Crippen LogP) is 3.65. The number of carbonyl (C=O) groups excluding carboxylic acids is 1. The number of rotatable bonds is 2. The van der Waals surface area contributed by atoms with Gasteiger partial charge < -0.3 is 5.32 Å². The lowest BCUT2D eigenvalue weighted by molar-refractivity contribution is 0.102. The molecule has 0 bridgehead atoms. The number of aromatic nitrogens is 2. The van der Waals surface area contributed by atoms with E-state index >= 15 is 0 Å². The van der Waals surface area contributed by atoms with Crippen LogP contribution in [-0.4, -0.2) is 16.1 Å². The van der Waals surface area contributed by atoms with E-state index in [2.05, 4.69) is 15.5 Å². The number of aryl methyl sites for hydroxylation is 1. The van der Waals surface area contributed by atoms with Gasteiger partial charge in [-0.25, -0.2) is 0 Å². The molecule has 0 radical (unpaired) electrons. The van der Waals surface area contributed by atoms with Gasteiger partial charge in [0, 0.05) is 5.69 Å². The molecule has 1 amide bonds. The molecule has 98 valence electrons. The van der Waals surface area contributed by atoms with Crippen molar-refractivity contribution in [1.82, 2.24) is 10.2 Å². The highest BCUT2D eigenvalue weighted by Crippen LogP contribution is 2.21. The molecule has 4 nitrogen and oxygen atoms in total. The van der Waals surface area contributed by atoms with E-state index < -0.39 is 0 Å². The van der Waals surface area contributed by atoms with Crippen molar-refractivity contribution < 1.29 is 4.79 Å². The Balaban J connectivity index is 2.31. The van der Waals surface area contributed by atoms with E-state index in [1.807, 2.05) is 32.0 Å². The predicted molar refractivity (Wildman–Crippen MR) is 75.9 cm³/mol. The van der Waals surface area contributed by atoms with Crippen molar-refractivity contribution in [3.05, 3.63) is 51.3 Å². The third-order valence-corrected chi connectivity index (χ3v) is 3.28. The minimum Gasteiger partial charge on any atom is -0.322 e. The van der Waals surface area contributed by atoms with Gasteiger partial charge in [0.15, 0.2) is 10.3 Å². The Kier molecular flexibility index (Phi) is 4.02. The van der Waals surface area contributed by atoms with E-state index in [9.17, 15) is 4.79 Å². The zero-order valence-corrected chi connectivity index (χ0v) is 11.9. The quantitative estimate of drug-likeness (QED) is 0.920. The van der Waals surface area contributed by atoms with Crippen molar-refractivity contribution in [2.45, 2.75) is 13.8 Å². The smallest absolute Gasteiger partial charge is 0.258 e. The molecule has 1 aromatic heterocycles. The molecule has 0 unspecified atom stereocenters. The number of hydrogen-bond donors (Lipinski definition) is 1. The Hall–Kier alpha value is -1.65. The number of nitrogens with zero attached hydrogens (tertiary/aromatic N) is 2. The van der Waals surface area contributed by atoms with Crippen molar-refractivity contribution in [3.63, 3.8) is 0 Å². The average molecular weight is 296 g/mol. The molecule has 0 aliphatic heterocycles. The molecule has 19 heavy (non-hydrogen) atoms. The monoisotopic (exact) mass is 295 g/mol. The van der Waals surface area contributed by atoms with Crippen LogP contribution in [0.4, 0.5) is 5.69 Å². The number of anilines is 1. The summed E-state index contributed by atoms with van der Waals surface area (Å²) in [7, 11) is 0. The zero-order chi connectivity index (χ0) is 14.0. The Bertz CT molecular complexity index is 644. The minimum absolute atomic E-state index is 0.0206. The van der Waals surface area contributed by atoms with Gasteiger partial charge in [-0.2, -0.15) is 0 Å². The maximum atomic E-state index is 12.1. The lowest BCUT2D eigenvalue weighted by Gasteiger charge is -2.10. The van der Waals surface area contributed by atoms with Crippen molar-refractivity contribution in [2.24, 2.45) is 0 Å². The van der Waals surface area contributed by atoms with E-state index in [4.69, 9.17) is 23.2 Å². The number of nitrogens with one attached hydrogen (secondary N) is 1. The summed E-state index contributed by atoms with van der Waals surface area (Å²) in [5, 5.41) is 10.1. The van der Waals surface area contributed by atoms with Gasteiger partial charge in [-0.1, -0.05) is 35.3 Å². The molecule has 0 fully saturated rings. The molecular weight excluding hydrogens is 285 g/mol. The van der Waals surface area contributed by atoms with Crippen LogP contribution < -0.4 is 5.32 Å². The normalized spacial score (nSPS) is 10.3. The molecule has 0 aliphatic rings. The van der Waals surface area contributed by atoms with Crippen LogP contribution >= 0.6 is 23.2 Å². The van der Waals surface area contributed by atoms with Crippen LogP contribution in [0.5, 0.6) is 0 Å². The molecule has 0 aliphatic carbocycles. The molecule has 0 spiro atoms. The van der Waals surface area contributed by atoms with Gasteiger partial charge >= 0.3 is 0 Å². The molecule has 0 atom stereocenters. The van der Waals surface area contributed by atoms with Crippen LogP contribution in [-0.2, 0) is 0 Å². The summed E-state index contributed by atoms with van der Waals surface area (Å²) in [5.41, 5.74) is 3.02. The highest BCUT2D eigenvalue weighted by molar-refractivity contribution is 6.34. The first-order chi connectivity index (χ1) is 8.99. The summed E-state index contributed by atoms with van der Waals surface area (Å²) in [5.74, 6) is -0.365. The topological polar surface area (TPSA) is 54.9 Å². The van der Waals surface area contributed by atoms with Crippen LogP contribution in [0.3, 0.4) is 0 Å². The summed E-state index contributed by atoms with van der Waals surface area (Å²) in [6, 6.07) is 7.06. The first-order valence-electron chi connectivity index (χ1n) is 5.55. The second kappa shape index (κ2) is 5.55. The van der Waals surface area contributed by atoms with Crippen molar-refractivity contribution in [2.75, 3.05) is 5.32 Å². The molecule has 0 saturated heterocycles. The van der Waals surface area contributed by atoms with Crippen molar-refractivity contribution >= 4 is 34.8 Å². The summed E-state index contributed by atoms with van der Waals surface area (Å²) in [6.07, 6.45) is 0. The Labute approximate surface area is 120 Å². The van der Waals surface area contributed by atoms with E-state index in [-0.39, 0.29) is 21.8 Å². The third kappa shape index (κ3) is 3.03. The zero-order valence-electron chi connectivity index (χ0n) is 10.4. The Morgan fingerprint density at radius 3 is 2.68 bits per heavy atom. The molecular formula is C13H11Cl2N3O. The SMILES string of the molecule is Cc1cccc(NC(=O)c2cc(Cl)nnc2Cl)c1C. The Morgan fingerprint density at radius 1 is 1.21 bits per heavy atom. The standard InChI is InChI=1S/C13H11Cl2N3O/c1-7-4-3-5-10(8(7)2)16-13(19)9-6-11(14)17-18-12(9)15/h3-6H,1-2H3,(H,16,19). The van der Waals surface area contributed by atoms with Gasteiger partial charge in [0.25, 0.3) is 5.91 Å². The van der Waals surface area contributed by atoms with Crippen LogP contribution in [0, 0.1) is 13.8 Å². The fourth-order valence-corrected chi connectivity index (χ4v) is 1.91. The highest BCUT2D eigenvalue weighted by Gasteiger charge is 2.14. The van der Waals surface area contributed by atoms with Crippen molar-refractivity contribution in [3.8, 4) is 0 Å².